The maximum atomic E-state index is 12.4. The standard InChI is InChI=1S/C19H20N2O3S/c1-3-14-5-8-17(9-6-14)25(23,24)20-12-16-11-15-7-4-13(2)10-18(15)21-19(16)22/h4-11,20H,3,12H2,1-2H3,(H,21,22). The highest BCUT2D eigenvalue weighted by Crippen LogP contribution is 2.14. The van der Waals surface area contributed by atoms with Crippen molar-refractivity contribution >= 4 is 20.9 Å². The van der Waals surface area contributed by atoms with Gasteiger partial charge in [-0.1, -0.05) is 31.2 Å². The quantitative estimate of drug-likeness (QED) is 0.738. The van der Waals surface area contributed by atoms with Gasteiger partial charge in [-0.3, -0.25) is 4.79 Å². The molecule has 130 valence electrons. The van der Waals surface area contributed by atoms with Crippen LogP contribution in [-0.4, -0.2) is 13.4 Å². The molecule has 1 heterocycles. The lowest BCUT2D eigenvalue weighted by molar-refractivity contribution is 0.581. The molecule has 0 amide bonds. The summed E-state index contributed by atoms with van der Waals surface area (Å²) in [6.45, 7) is 3.90. The zero-order valence-electron chi connectivity index (χ0n) is 14.2. The molecule has 0 saturated carbocycles. The Balaban J connectivity index is 1.84. The third-order valence-corrected chi connectivity index (χ3v) is 5.59. The third-order valence-electron chi connectivity index (χ3n) is 4.17. The normalized spacial score (nSPS) is 11.8. The van der Waals surface area contributed by atoms with Gasteiger partial charge in [0.1, 0.15) is 0 Å². The van der Waals surface area contributed by atoms with E-state index in [9.17, 15) is 13.2 Å². The van der Waals surface area contributed by atoms with Gasteiger partial charge in [-0.2, -0.15) is 0 Å². The number of aryl methyl sites for hydroxylation is 2. The highest BCUT2D eigenvalue weighted by molar-refractivity contribution is 7.89. The summed E-state index contributed by atoms with van der Waals surface area (Å²) in [5, 5.41) is 0.867. The van der Waals surface area contributed by atoms with Crippen LogP contribution in [-0.2, 0) is 23.0 Å². The van der Waals surface area contributed by atoms with Crippen molar-refractivity contribution in [1.29, 1.82) is 0 Å². The Hall–Kier alpha value is -2.44. The number of pyridine rings is 1. The van der Waals surface area contributed by atoms with Crippen molar-refractivity contribution in [3.8, 4) is 0 Å². The zero-order valence-corrected chi connectivity index (χ0v) is 15.0. The molecule has 0 aliphatic rings. The number of H-pyrrole nitrogens is 1. The molecule has 0 aliphatic heterocycles. The number of hydrogen-bond acceptors (Lipinski definition) is 3. The first-order chi connectivity index (χ1) is 11.9. The van der Waals surface area contributed by atoms with Crippen LogP contribution in [0.5, 0.6) is 0 Å². The van der Waals surface area contributed by atoms with Gasteiger partial charge in [-0.05, 0) is 54.1 Å². The van der Waals surface area contributed by atoms with Gasteiger partial charge in [0, 0.05) is 17.6 Å². The first-order valence-corrected chi connectivity index (χ1v) is 9.58. The predicted octanol–water partition coefficient (Wildman–Crippen LogP) is 2.88. The number of fused-ring (bicyclic) bond motifs is 1. The van der Waals surface area contributed by atoms with Crippen LogP contribution in [0.1, 0.15) is 23.6 Å². The van der Waals surface area contributed by atoms with Crippen LogP contribution in [0.4, 0.5) is 0 Å². The van der Waals surface area contributed by atoms with Crippen LogP contribution < -0.4 is 10.3 Å². The molecule has 0 aliphatic carbocycles. The molecule has 5 nitrogen and oxygen atoms in total. The maximum absolute atomic E-state index is 12.4. The Labute approximate surface area is 146 Å². The molecule has 25 heavy (non-hydrogen) atoms. The van der Waals surface area contributed by atoms with E-state index in [0.717, 1.165) is 28.5 Å². The number of hydrogen-bond donors (Lipinski definition) is 2. The molecule has 2 N–H and O–H groups in total. The van der Waals surface area contributed by atoms with Crippen LogP contribution in [0.3, 0.4) is 0 Å². The smallest absolute Gasteiger partial charge is 0.252 e. The largest absolute Gasteiger partial charge is 0.322 e. The van der Waals surface area contributed by atoms with Crippen molar-refractivity contribution in [1.82, 2.24) is 9.71 Å². The van der Waals surface area contributed by atoms with Crippen molar-refractivity contribution in [2.45, 2.75) is 31.7 Å². The molecule has 6 heteroatoms. The van der Waals surface area contributed by atoms with Gasteiger partial charge in [-0.15, -0.1) is 0 Å². The highest BCUT2D eigenvalue weighted by Gasteiger charge is 2.14. The van der Waals surface area contributed by atoms with Crippen LogP contribution in [0, 0.1) is 6.92 Å². The van der Waals surface area contributed by atoms with E-state index < -0.39 is 10.0 Å². The summed E-state index contributed by atoms with van der Waals surface area (Å²) in [6.07, 6.45) is 0.847. The van der Waals surface area contributed by atoms with Crippen molar-refractivity contribution in [2.24, 2.45) is 0 Å². The highest BCUT2D eigenvalue weighted by atomic mass is 32.2. The van der Waals surface area contributed by atoms with Crippen molar-refractivity contribution < 1.29 is 8.42 Å². The molecule has 1 aromatic heterocycles. The fourth-order valence-corrected chi connectivity index (χ4v) is 3.66. The van der Waals surface area contributed by atoms with E-state index in [1.54, 1.807) is 30.3 Å². The summed E-state index contributed by atoms with van der Waals surface area (Å²) >= 11 is 0. The van der Waals surface area contributed by atoms with Crippen LogP contribution in [0.25, 0.3) is 10.9 Å². The van der Waals surface area contributed by atoms with Crippen molar-refractivity contribution in [3.63, 3.8) is 0 Å². The van der Waals surface area contributed by atoms with Gasteiger partial charge in [-0.25, -0.2) is 13.1 Å². The summed E-state index contributed by atoms with van der Waals surface area (Å²) in [7, 11) is -3.66. The average molecular weight is 356 g/mol. The molecule has 0 atom stereocenters. The van der Waals surface area contributed by atoms with Crippen LogP contribution in [0.15, 0.2) is 58.2 Å². The van der Waals surface area contributed by atoms with Crippen LogP contribution in [0.2, 0.25) is 0 Å². The van der Waals surface area contributed by atoms with E-state index in [1.165, 1.54) is 0 Å². The molecule has 2 aromatic carbocycles. The van der Waals surface area contributed by atoms with Crippen molar-refractivity contribution in [2.75, 3.05) is 0 Å². The van der Waals surface area contributed by atoms with E-state index in [0.29, 0.717) is 5.56 Å². The third kappa shape index (κ3) is 3.81. The lowest BCUT2D eigenvalue weighted by Gasteiger charge is -2.08. The molecular formula is C19H20N2O3S. The predicted molar refractivity (Wildman–Crippen MR) is 99.2 cm³/mol. The topological polar surface area (TPSA) is 79.0 Å². The number of aromatic nitrogens is 1. The zero-order chi connectivity index (χ0) is 18.0. The van der Waals surface area contributed by atoms with E-state index in [2.05, 4.69) is 9.71 Å². The fourth-order valence-electron chi connectivity index (χ4n) is 2.65. The molecular weight excluding hydrogens is 336 g/mol. The molecule has 3 rings (SSSR count). The minimum Gasteiger partial charge on any atom is -0.322 e. The number of nitrogens with one attached hydrogen (secondary N) is 2. The van der Waals surface area contributed by atoms with Gasteiger partial charge in [0.15, 0.2) is 0 Å². The molecule has 0 radical (unpaired) electrons. The van der Waals surface area contributed by atoms with Gasteiger partial charge in [0.2, 0.25) is 10.0 Å². The second-order valence-electron chi connectivity index (χ2n) is 6.04. The number of rotatable bonds is 5. The summed E-state index contributed by atoms with van der Waals surface area (Å²) in [5.41, 5.74) is 2.95. The molecule has 0 saturated heterocycles. The molecule has 0 spiro atoms. The summed E-state index contributed by atoms with van der Waals surface area (Å²) in [5.74, 6) is 0. The molecule has 0 fully saturated rings. The van der Waals surface area contributed by atoms with Crippen LogP contribution >= 0.6 is 0 Å². The number of aromatic amines is 1. The van der Waals surface area contributed by atoms with E-state index in [1.807, 2.05) is 32.0 Å². The molecule has 3 aromatic rings. The summed E-state index contributed by atoms with van der Waals surface area (Å²) in [6, 6.07) is 14.2. The Morgan fingerprint density at radius 3 is 2.44 bits per heavy atom. The van der Waals surface area contributed by atoms with Crippen molar-refractivity contribution in [3.05, 3.63) is 75.6 Å². The Morgan fingerprint density at radius 1 is 1.04 bits per heavy atom. The SMILES string of the molecule is CCc1ccc(S(=O)(=O)NCc2cc3ccc(C)cc3[nH]c2=O)cc1. The second kappa shape index (κ2) is 6.82. The molecule has 0 unspecified atom stereocenters. The Morgan fingerprint density at radius 2 is 1.76 bits per heavy atom. The first-order valence-electron chi connectivity index (χ1n) is 8.10. The minimum atomic E-state index is -3.66. The number of benzene rings is 2. The van der Waals surface area contributed by atoms with Gasteiger partial charge in [0.05, 0.1) is 4.90 Å². The number of sulfonamides is 1. The lowest BCUT2D eigenvalue weighted by Crippen LogP contribution is -2.27. The summed E-state index contributed by atoms with van der Waals surface area (Å²) < 4.78 is 27.3. The second-order valence-corrected chi connectivity index (χ2v) is 7.80. The lowest BCUT2D eigenvalue weighted by atomic mass is 10.1. The van der Waals surface area contributed by atoms with E-state index >= 15 is 0 Å². The minimum absolute atomic E-state index is 0.0585. The van der Waals surface area contributed by atoms with Gasteiger partial charge in [0.25, 0.3) is 5.56 Å². The summed E-state index contributed by atoms with van der Waals surface area (Å²) in [4.78, 5) is 15.2. The van der Waals surface area contributed by atoms with Gasteiger partial charge < -0.3 is 4.98 Å². The Bertz CT molecular complexity index is 1070. The molecule has 0 bridgehead atoms. The Kier molecular flexibility index (Phi) is 4.74. The van der Waals surface area contributed by atoms with E-state index in [-0.39, 0.29) is 17.0 Å². The maximum Gasteiger partial charge on any atom is 0.252 e. The van der Waals surface area contributed by atoms with E-state index in [4.69, 9.17) is 0 Å². The average Bonchev–Trinajstić information content (AvgIpc) is 2.60. The monoisotopic (exact) mass is 356 g/mol. The van der Waals surface area contributed by atoms with Gasteiger partial charge >= 0.3 is 0 Å². The fraction of sp³-hybridized carbons (Fsp3) is 0.211. The first kappa shape index (κ1) is 17.4.